The molecule has 2 aromatic rings. The van der Waals surface area contributed by atoms with Crippen molar-refractivity contribution in [1.82, 2.24) is 20.3 Å². The van der Waals surface area contributed by atoms with E-state index in [-0.39, 0.29) is 5.92 Å². The zero-order chi connectivity index (χ0) is 20.1. The molecule has 1 aromatic carbocycles. The number of benzene rings is 1. The zero-order valence-corrected chi connectivity index (χ0v) is 16.6. The Labute approximate surface area is 164 Å². The minimum atomic E-state index is -0.821. The number of nitrogens with zero attached hydrogens (tertiary/aromatic N) is 4. The molecule has 1 saturated heterocycles. The summed E-state index contributed by atoms with van der Waals surface area (Å²) in [5.74, 6) is 0.0498. The predicted octanol–water partition coefficient (Wildman–Crippen LogP) is 2.76. The molecule has 0 amide bonds. The number of aromatic nitrogens is 1. The Morgan fingerprint density at radius 3 is 2.57 bits per heavy atom. The fraction of sp³-hybridized carbons (Fsp3) is 0.500. The average Bonchev–Trinajstić information content (AvgIpc) is 3.10. The molecule has 1 unspecified atom stereocenters. The van der Waals surface area contributed by atoms with Gasteiger partial charge in [0.25, 0.3) is 0 Å². The van der Waals surface area contributed by atoms with E-state index in [1.54, 1.807) is 13.1 Å². The SMILES string of the molecule is CN=C(NCC(C)c1ccc(F)c(F)c1)N1CCN(Cc2cc(C)on2)CC1. The lowest BCUT2D eigenvalue weighted by atomic mass is 10.0. The first-order valence-electron chi connectivity index (χ1n) is 9.51. The van der Waals surface area contributed by atoms with E-state index in [4.69, 9.17) is 4.52 Å². The van der Waals surface area contributed by atoms with Crippen LogP contribution in [0.3, 0.4) is 0 Å². The first-order valence-corrected chi connectivity index (χ1v) is 9.51. The van der Waals surface area contributed by atoms with Gasteiger partial charge in [0.2, 0.25) is 0 Å². The third kappa shape index (κ3) is 5.07. The number of rotatable bonds is 5. The molecule has 3 rings (SSSR count). The number of hydrogen-bond donors (Lipinski definition) is 1. The average molecular weight is 391 g/mol. The summed E-state index contributed by atoms with van der Waals surface area (Å²) >= 11 is 0. The van der Waals surface area contributed by atoms with E-state index in [0.29, 0.717) is 6.54 Å². The molecule has 8 heteroatoms. The Morgan fingerprint density at radius 1 is 1.21 bits per heavy atom. The molecule has 0 spiro atoms. The first kappa shape index (κ1) is 20.3. The van der Waals surface area contributed by atoms with Crippen LogP contribution < -0.4 is 5.32 Å². The minimum Gasteiger partial charge on any atom is -0.361 e. The van der Waals surface area contributed by atoms with Crippen molar-refractivity contribution in [2.75, 3.05) is 39.8 Å². The number of hydrogen-bond acceptors (Lipinski definition) is 4. The van der Waals surface area contributed by atoms with Crippen LogP contribution in [0.5, 0.6) is 0 Å². The highest BCUT2D eigenvalue weighted by atomic mass is 19.2. The largest absolute Gasteiger partial charge is 0.361 e. The number of aryl methyl sites for hydroxylation is 1. The smallest absolute Gasteiger partial charge is 0.193 e. The van der Waals surface area contributed by atoms with Crippen molar-refractivity contribution in [2.45, 2.75) is 26.3 Å². The van der Waals surface area contributed by atoms with E-state index in [1.165, 1.54) is 12.1 Å². The number of guanidine groups is 1. The van der Waals surface area contributed by atoms with E-state index in [1.807, 2.05) is 19.9 Å². The van der Waals surface area contributed by atoms with Crippen LogP contribution in [0.15, 0.2) is 33.8 Å². The summed E-state index contributed by atoms with van der Waals surface area (Å²) in [6, 6.07) is 6.02. The molecule has 1 aliphatic heterocycles. The molecule has 0 radical (unpaired) electrons. The summed E-state index contributed by atoms with van der Waals surface area (Å²) in [4.78, 5) is 8.92. The van der Waals surface area contributed by atoms with E-state index in [9.17, 15) is 8.78 Å². The van der Waals surface area contributed by atoms with Crippen molar-refractivity contribution < 1.29 is 13.3 Å². The molecule has 28 heavy (non-hydrogen) atoms. The Kier molecular flexibility index (Phi) is 6.61. The third-order valence-corrected chi connectivity index (χ3v) is 5.03. The highest BCUT2D eigenvalue weighted by Crippen LogP contribution is 2.17. The van der Waals surface area contributed by atoms with Gasteiger partial charge in [-0.05, 0) is 30.5 Å². The fourth-order valence-electron chi connectivity index (χ4n) is 3.35. The molecule has 0 aliphatic carbocycles. The summed E-state index contributed by atoms with van der Waals surface area (Å²) < 4.78 is 31.7. The van der Waals surface area contributed by atoms with Gasteiger partial charge in [-0.1, -0.05) is 18.1 Å². The number of piperazine rings is 1. The normalized spacial score (nSPS) is 17.0. The third-order valence-electron chi connectivity index (χ3n) is 5.03. The van der Waals surface area contributed by atoms with Crippen molar-refractivity contribution in [3.63, 3.8) is 0 Å². The van der Waals surface area contributed by atoms with Gasteiger partial charge < -0.3 is 14.7 Å². The molecule has 1 atom stereocenters. The molecule has 1 N–H and O–H groups in total. The maximum Gasteiger partial charge on any atom is 0.193 e. The molecule has 0 saturated carbocycles. The second kappa shape index (κ2) is 9.14. The number of halogens is 2. The summed E-state index contributed by atoms with van der Waals surface area (Å²) in [7, 11) is 1.76. The highest BCUT2D eigenvalue weighted by Gasteiger charge is 2.21. The topological polar surface area (TPSA) is 56.9 Å². The van der Waals surface area contributed by atoms with Crippen LogP contribution in [0.2, 0.25) is 0 Å². The van der Waals surface area contributed by atoms with Crippen LogP contribution in [0, 0.1) is 18.6 Å². The van der Waals surface area contributed by atoms with Crippen LogP contribution in [0.1, 0.15) is 29.9 Å². The van der Waals surface area contributed by atoms with E-state index in [2.05, 4.69) is 25.3 Å². The van der Waals surface area contributed by atoms with Crippen LogP contribution in [-0.4, -0.2) is 60.7 Å². The summed E-state index contributed by atoms with van der Waals surface area (Å²) in [5, 5.41) is 7.41. The van der Waals surface area contributed by atoms with Gasteiger partial charge in [0.15, 0.2) is 17.6 Å². The van der Waals surface area contributed by atoms with E-state index >= 15 is 0 Å². The predicted molar refractivity (Wildman–Crippen MR) is 104 cm³/mol. The van der Waals surface area contributed by atoms with Gasteiger partial charge in [-0.3, -0.25) is 9.89 Å². The zero-order valence-electron chi connectivity index (χ0n) is 16.6. The molecule has 1 fully saturated rings. The second-order valence-corrected chi connectivity index (χ2v) is 7.19. The van der Waals surface area contributed by atoms with Crippen molar-refractivity contribution in [3.8, 4) is 0 Å². The van der Waals surface area contributed by atoms with Gasteiger partial charge in [0.05, 0.1) is 5.69 Å². The highest BCUT2D eigenvalue weighted by molar-refractivity contribution is 5.80. The molecule has 152 valence electrons. The Morgan fingerprint density at radius 2 is 1.96 bits per heavy atom. The van der Waals surface area contributed by atoms with Crippen LogP contribution in [0.4, 0.5) is 8.78 Å². The first-order chi connectivity index (χ1) is 13.5. The molecular weight excluding hydrogens is 364 g/mol. The second-order valence-electron chi connectivity index (χ2n) is 7.19. The van der Waals surface area contributed by atoms with Gasteiger partial charge in [0, 0.05) is 52.4 Å². The molecule has 0 bridgehead atoms. The summed E-state index contributed by atoms with van der Waals surface area (Å²) in [6.07, 6.45) is 0. The summed E-state index contributed by atoms with van der Waals surface area (Å²) in [6.45, 7) is 8.78. The minimum absolute atomic E-state index is 0.0311. The molecule has 6 nitrogen and oxygen atoms in total. The van der Waals surface area contributed by atoms with E-state index in [0.717, 1.165) is 55.7 Å². The van der Waals surface area contributed by atoms with Gasteiger partial charge >= 0.3 is 0 Å². The number of aliphatic imine (C=N–C) groups is 1. The summed E-state index contributed by atoms with van der Waals surface area (Å²) in [5.41, 5.74) is 1.71. The van der Waals surface area contributed by atoms with Gasteiger partial charge in [-0.2, -0.15) is 0 Å². The standard InChI is InChI=1S/C20H27F2N5O/c1-14(16-4-5-18(21)19(22)11-16)12-24-20(23-3)27-8-6-26(7-9-27)13-17-10-15(2)28-25-17/h4-5,10-11,14H,6-9,12-13H2,1-3H3,(H,23,24). The van der Waals surface area contributed by atoms with Crippen molar-refractivity contribution in [3.05, 3.63) is 52.9 Å². The molecule has 2 heterocycles. The monoisotopic (exact) mass is 391 g/mol. The quantitative estimate of drug-likeness (QED) is 0.627. The molecular formula is C20H27F2N5O. The van der Waals surface area contributed by atoms with Crippen LogP contribution in [-0.2, 0) is 6.54 Å². The van der Waals surface area contributed by atoms with E-state index < -0.39 is 11.6 Å². The maximum atomic E-state index is 13.4. The lowest BCUT2D eigenvalue weighted by molar-refractivity contribution is 0.169. The van der Waals surface area contributed by atoms with Crippen molar-refractivity contribution >= 4 is 5.96 Å². The van der Waals surface area contributed by atoms with Crippen LogP contribution in [0.25, 0.3) is 0 Å². The van der Waals surface area contributed by atoms with Crippen molar-refractivity contribution in [2.24, 2.45) is 4.99 Å². The lowest BCUT2D eigenvalue weighted by Gasteiger charge is -2.36. The number of nitrogens with one attached hydrogen (secondary N) is 1. The van der Waals surface area contributed by atoms with Gasteiger partial charge in [-0.25, -0.2) is 8.78 Å². The molecule has 1 aliphatic rings. The Bertz CT molecular complexity index is 815. The molecule has 1 aromatic heterocycles. The Balaban J connectivity index is 1.48. The van der Waals surface area contributed by atoms with Gasteiger partial charge in [0.1, 0.15) is 5.76 Å². The van der Waals surface area contributed by atoms with Crippen molar-refractivity contribution in [1.29, 1.82) is 0 Å². The van der Waals surface area contributed by atoms with Gasteiger partial charge in [-0.15, -0.1) is 0 Å². The Hall–Kier alpha value is -2.48. The fourth-order valence-corrected chi connectivity index (χ4v) is 3.35. The lowest BCUT2D eigenvalue weighted by Crippen LogP contribution is -2.52. The van der Waals surface area contributed by atoms with Crippen LogP contribution >= 0.6 is 0 Å². The maximum absolute atomic E-state index is 13.4.